The van der Waals surface area contributed by atoms with Crippen LogP contribution in [0, 0.1) is 13.8 Å². The number of rotatable bonds is 3. The third-order valence-corrected chi connectivity index (χ3v) is 3.73. The van der Waals surface area contributed by atoms with Gasteiger partial charge in [0, 0.05) is 11.3 Å². The molecule has 0 radical (unpaired) electrons. The summed E-state index contributed by atoms with van der Waals surface area (Å²) >= 11 is 0. The van der Waals surface area contributed by atoms with Crippen LogP contribution in [0.15, 0.2) is 24.3 Å². The van der Waals surface area contributed by atoms with E-state index in [1.165, 1.54) is 0 Å². The van der Waals surface area contributed by atoms with E-state index in [0.29, 0.717) is 11.6 Å². The number of nitrogens with zero attached hydrogens (tertiary/aromatic N) is 3. The maximum absolute atomic E-state index is 11.2. The first kappa shape index (κ1) is 13.4. The number of carbonyl (C=O) groups is 1. The second kappa shape index (κ2) is 4.73. The first-order valence-electron chi connectivity index (χ1n) is 6.73. The van der Waals surface area contributed by atoms with Crippen LogP contribution in [0.25, 0.3) is 17.0 Å². The van der Waals surface area contributed by atoms with Gasteiger partial charge in [0.05, 0.1) is 22.6 Å². The summed E-state index contributed by atoms with van der Waals surface area (Å²) in [4.78, 5) is 18.9. The SMILES string of the molecule is Cc1nn(-c2nc3ccccc3[nH]2)c(C)c1C(C)C(=O)O. The number of aryl methyl sites for hydroxylation is 1. The van der Waals surface area contributed by atoms with E-state index in [4.69, 9.17) is 0 Å². The van der Waals surface area contributed by atoms with Crippen molar-refractivity contribution in [2.75, 3.05) is 0 Å². The second-order valence-corrected chi connectivity index (χ2v) is 5.13. The second-order valence-electron chi connectivity index (χ2n) is 5.13. The van der Waals surface area contributed by atoms with Crippen molar-refractivity contribution in [1.29, 1.82) is 0 Å². The van der Waals surface area contributed by atoms with Gasteiger partial charge in [-0.25, -0.2) is 9.67 Å². The van der Waals surface area contributed by atoms with Crippen molar-refractivity contribution in [3.8, 4) is 5.95 Å². The van der Waals surface area contributed by atoms with Gasteiger partial charge in [-0.05, 0) is 32.9 Å². The Morgan fingerprint density at radius 2 is 2.05 bits per heavy atom. The number of fused-ring (bicyclic) bond motifs is 1. The Kier molecular flexibility index (Phi) is 3.01. The molecule has 21 heavy (non-hydrogen) atoms. The zero-order chi connectivity index (χ0) is 15.1. The fraction of sp³-hybridized carbons (Fsp3) is 0.267. The molecule has 0 aliphatic rings. The predicted octanol–water partition coefficient (Wildman–Crippen LogP) is 2.55. The zero-order valence-corrected chi connectivity index (χ0v) is 12.1. The Labute approximate surface area is 121 Å². The average molecular weight is 284 g/mol. The number of nitrogens with one attached hydrogen (secondary N) is 1. The lowest BCUT2D eigenvalue weighted by molar-refractivity contribution is -0.138. The lowest BCUT2D eigenvalue weighted by Gasteiger charge is -2.06. The first-order valence-corrected chi connectivity index (χ1v) is 6.73. The molecule has 0 spiro atoms. The summed E-state index contributed by atoms with van der Waals surface area (Å²) in [5.74, 6) is -0.853. The summed E-state index contributed by atoms with van der Waals surface area (Å²) in [6.45, 7) is 5.35. The van der Waals surface area contributed by atoms with Gasteiger partial charge in [-0.2, -0.15) is 5.10 Å². The standard InChI is InChI=1S/C15H16N4O2/c1-8(14(20)21)13-9(2)18-19(10(13)3)15-16-11-6-4-5-7-12(11)17-15/h4-8H,1-3H3,(H,16,17)(H,20,21). The van der Waals surface area contributed by atoms with E-state index >= 15 is 0 Å². The number of benzene rings is 1. The highest BCUT2D eigenvalue weighted by atomic mass is 16.4. The lowest BCUT2D eigenvalue weighted by atomic mass is 9.99. The molecule has 0 fully saturated rings. The topological polar surface area (TPSA) is 83.8 Å². The number of H-pyrrole nitrogens is 1. The molecule has 1 aromatic carbocycles. The van der Waals surface area contributed by atoms with Crippen LogP contribution in [0.3, 0.4) is 0 Å². The van der Waals surface area contributed by atoms with Crippen molar-refractivity contribution >= 4 is 17.0 Å². The van der Waals surface area contributed by atoms with Crippen LogP contribution in [0.1, 0.15) is 29.8 Å². The van der Waals surface area contributed by atoms with Gasteiger partial charge in [0.25, 0.3) is 0 Å². The van der Waals surface area contributed by atoms with Crippen molar-refractivity contribution < 1.29 is 9.90 Å². The summed E-state index contributed by atoms with van der Waals surface area (Å²) in [5, 5.41) is 13.7. The monoisotopic (exact) mass is 284 g/mol. The van der Waals surface area contributed by atoms with E-state index in [2.05, 4.69) is 15.1 Å². The molecule has 0 aliphatic carbocycles. The van der Waals surface area contributed by atoms with Gasteiger partial charge in [0.1, 0.15) is 0 Å². The molecule has 0 amide bonds. The van der Waals surface area contributed by atoms with Gasteiger partial charge in [0.2, 0.25) is 5.95 Å². The van der Waals surface area contributed by atoms with Crippen molar-refractivity contribution in [1.82, 2.24) is 19.7 Å². The zero-order valence-electron chi connectivity index (χ0n) is 12.1. The molecule has 6 nitrogen and oxygen atoms in total. The van der Waals surface area contributed by atoms with Crippen LogP contribution >= 0.6 is 0 Å². The molecule has 2 N–H and O–H groups in total. The van der Waals surface area contributed by atoms with Crippen LogP contribution in [0.5, 0.6) is 0 Å². The summed E-state index contributed by atoms with van der Waals surface area (Å²) in [5.41, 5.74) is 4.02. The molecule has 0 saturated carbocycles. The van der Waals surface area contributed by atoms with Gasteiger partial charge < -0.3 is 10.1 Å². The third kappa shape index (κ3) is 2.08. The summed E-state index contributed by atoms with van der Waals surface area (Å²) in [6.07, 6.45) is 0. The number of para-hydroxylation sites is 2. The Bertz CT molecular complexity index is 798. The Balaban J connectivity index is 2.15. The molecular weight excluding hydrogens is 268 g/mol. The number of hydrogen-bond acceptors (Lipinski definition) is 3. The van der Waals surface area contributed by atoms with Crippen molar-refractivity contribution in [2.45, 2.75) is 26.7 Å². The Hall–Kier alpha value is -2.63. The van der Waals surface area contributed by atoms with Gasteiger partial charge >= 0.3 is 5.97 Å². The number of hydrogen-bond donors (Lipinski definition) is 2. The largest absolute Gasteiger partial charge is 0.481 e. The number of aromatic nitrogens is 4. The predicted molar refractivity (Wildman–Crippen MR) is 78.7 cm³/mol. The van der Waals surface area contributed by atoms with E-state index < -0.39 is 11.9 Å². The Morgan fingerprint density at radius 3 is 2.71 bits per heavy atom. The summed E-state index contributed by atoms with van der Waals surface area (Å²) in [7, 11) is 0. The summed E-state index contributed by atoms with van der Waals surface area (Å²) in [6, 6.07) is 7.72. The lowest BCUT2D eigenvalue weighted by Crippen LogP contribution is -2.10. The fourth-order valence-electron chi connectivity index (χ4n) is 2.65. The minimum Gasteiger partial charge on any atom is -0.481 e. The molecule has 1 unspecified atom stereocenters. The van der Waals surface area contributed by atoms with Gasteiger partial charge in [-0.3, -0.25) is 4.79 Å². The third-order valence-electron chi connectivity index (χ3n) is 3.73. The quantitative estimate of drug-likeness (QED) is 0.774. The van der Waals surface area contributed by atoms with Crippen molar-refractivity contribution in [3.05, 3.63) is 41.2 Å². The molecule has 108 valence electrons. The number of aromatic amines is 1. The first-order chi connectivity index (χ1) is 9.99. The molecule has 0 saturated heterocycles. The maximum atomic E-state index is 11.2. The minimum absolute atomic E-state index is 0.594. The molecule has 2 aromatic heterocycles. The molecule has 6 heteroatoms. The van der Waals surface area contributed by atoms with E-state index in [0.717, 1.165) is 22.3 Å². The van der Waals surface area contributed by atoms with Crippen LogP contribution in [0.4, 0.5) is 0 Å². The molecule has 2 heterocycles. The van der Waals surface area contributed by atoms with E-state index in [1.807, 2.05) is 38.1 Å². The molecule has 1 atom stereocenters. The highest BCUT2D eigenvalue weighted by Crippen LogP contribution is 2.25. The molecule has 3 aromatic rings. The number of carboxylic acids is 1. The van der Waals surface area contributed by atoms with Gasteiger partial charge in [-0.15, -0.1) is 0 Å². The fourth-order valence-corrected chi connectivity index (χ4v) is 2.65. The number of carboxylic acid groups (broad SMARTS) is 1. The maximum Gasteiger partial charge on any atom is 0.310 e. The molecule has 3 rings (SSSR count). The number of aliphatic carboxylic acids is 1. The van der Waals surface area contributed by atoms with E-state index in [-0.39, 0.29) is 0 Å². The van der Waals surface area contributed by atoms with E-state index in [1.54, 1.807) is 11.6 Å². The van der Waals surface area contributed by atoms with Crippen LogP contribution < -0.4 is 0 Å². The summed E-state index contributed by atoms with van der Waals surface area (Å²) < 4.78 is 1.67. The number of imidazole rings is 1. The van der Waals surface area contributed by atoms with Crippen LogP contribution in [-0.2, 0) is 4.79 Å². The van der Waals surface area contributed by atoms with Gasteiger partial charge in [0.15, 0.2) is 0 Å². The average Bonchev–Trinajstić information content (AvgIpc) is 2.99. The van der Waals surface area contributed by atoms with E-state index in [9.17, 15) is 9.90 Å². The highest BCUT2D eigenvalue weighted by Gasteiger charge is 2.24. The van der Waals surface area contributed by atoms with Crippen LogP contribution in [0.2, 0.25) is 0 Å². The molecule has 0 bridgehead atoms. The van der Waals surface area contributed by atoms with Crippen molar-refractivity contribution in [3.63, 3.8) is 0 Å². The highest BCUT2D eigenvalue weighted by molar-refractivity contribution is 5.77. The molecule has 0 aliphatic heterocycles. The van der Waals surface area contributed by atoms with Gasteiger partial charge in [-0.1, -0.05) is 12.1 Å². The molecular formula is C15H16N4O2. The normalized spacial score (nSPS) is 12.7. The van der Waals surface area contributed by atoms with Crippen molar-refractivity contribution in [2.24, 2.45) is 0 Å². The minimum atomic E-state index is -0.856. The smallest absolute Gasteiger partial charge is 0.310 e. The van der Waals surface area contributed by atoms with Crippen LogP contribution in [-0.4, -0.2) is 30.8 Å². The Morgan fingerprint density at radius 1 is 1.33 bits per heavy atom.